The number of aliphatic carboxylic acids is 1. The fraction of sp³-hybridized carbons (Fsp3) is 0.941. The van der Waals surface area contributed by atoms with Crippen molar-refractivity contribution >= 4 is 5.97 Å². The third kappa shape index (κ3) is 4.19. The van der Waals surface area contributed by atoms with E-state index in [0.29, 0.717) is 12.5 Å². The first-order chi connectivity index (χ1) is 10.1. The smallest absolute Gasteiger partial charge is 0.325 e. The van der Waals surface area contributed by atoms with Gasteiger partial charge in [-0.1, -0.05) is 26.7 Å². The predicted octanol–water partition coefficient (Wildman–Crippen LogP) is 2.73. The number of carboxylic acid groups (broad SMARTS) is 1. The zero-order chi connectivity index (χ0) is 15.3. The molecular weight excluding hydrogens is 264 g/mol. The molecule has 1 aliphatic heterocycles. The second kappa shape index (κ2) is 7.59. The van der Waals surface area contributed by atoms with Crippen molar-refractivity contribution in [3.63, 3.8) is 0 Å². The van der Waals surface area contributed by atoms with Gasteiger partial charge >= 0.3 is 5.97 Å². The van der Waals surface area contributed by atoms with Crippen LogP contribution in [0.15, 0.2) is 0 Å². The lowest BCUT2D eigenvalue weighted by atomic mass is 9.88. The zero-order valence-corrected chi connectivity index (χ0v) is 13.7. The average molecular weight is 296 g/mol. The molecule has 0 amide bonds. The van der Waals surface area contributed by atoms with E-state index in [1.54, 1.807) is 0 Å². The normalized spacial score (nSPS) is 23.9. The molecule has 1 saturated heterocycles. The van der Waals surface area contributed by atoms with Crippen LogP contribution in [0.25, 0.3) is 0 Å². The van der Waals surface area contributed by atoms with E-state index in [2.05, 4.69) is 24.1 Å². The Morgan fingerprint density at radius 1 is 1.19 bits per heavy atom. The SMILES string of the molecule is CCCNC(CN1CCC(CCC)CC1)(C(=O)O)C1CC1. The maximum Gasteiger partial charge on any atom is 0.325 e. The van der Waals surface area contributed by atoms with Crippen LogP contribution in [-0.4, -0.2) is 47.7 Å². The highest BCUT2D eigenvalue weighted by Crippen LogP contribution is 2.41. The number of carbonyl (C=O) groups is 1. The molecule has 0 aromatic carbocycles. The number of likely N-dealkylation sites (tertiary alicyclic amines) is 1. The Hall–Kier alpha value is -0.610. The third-order valence-electron chi connectivity index (χ3n) is 5.22. The first-order valence-electron chi connectivity index (χ1n) is 8.83. The summed E-state index contributed by atoms with van der Waals surface area (Å²) in [5, 5.41) is 13.2. The van der Waals surface area contributed by atoms with Crippen LogP contribution >= 0.6 is 0 Å². The maximum absolute atomic E-state index is 12.0. The Labute approximate surface area is 129 Å². The summed E-state index contributed by atoms with van der Waals surface area (Å²) in [6.07, 6.45) is 8.19. The molecule has 0 aromatic rings. The molecule has 1 atom stereocenters. The van der Waals surface area contributed by atoms with Crippen LogP contribution in [0.1, 0.15) is 58.8 Å². The van der Waals surface area contributed by atoms with Gasteiger partial charge in [-0.05, 0) is 63.6 Å². The van der Waals surface area contributed by atoms with Crippen LogP contribution in [0.5, 0.6) is 0 Å². The Morgan fingerprint density at radius 2 is 1.86 bits per heavy atom. The molecule has 1 unspecified atom stereocenters. The first-order valence-corrected chi connectivity index (χ1v) is 8.83. The van der Waals surface area contributed by atoms with E-state index in [1.807, 2.05) is 0 Å². The molecule has 0 aromatic heterocycles. The Bertz CT molecular complexity index is 336. The molecule has 1 aliphatic carbocycles. The van der Waals surface area contributed by atoms with Crippen LogP contribution in [-0.2, 0) is 4.79 Å². The summed E-state index contributed by atoms with van der Waals surface area (Å²) in [5.41, 5.74) is -0.701. The number of rotatable bonds is 9. The van der Waals surface area contributed by atoms with Crippen LogP contribution in [0.3, 0.4) is 0 Å². The predicted molar refractivity (Wildman–Crippen MR) is 85.5 cm³/mol. The molecule has 2 aliphatic rings. The maximum atomic E-state index is 12.0. The molecule has 21 heavy (non-hydrogen) atoms. The third-order valence-corrected chi connectivity index (χ3v) is 5.22. The number of piperidine rings is 1. The van der Waals surface area contributed by atoms with Crippen molar-refractivity contribution in [2.24, 2.45) is 11.8 Å². The Kier molecular flexibility index (Phi) is 6.06. The number of hydrogen-bond acceptors (Lipinski definition) is 3. The van der Waals surface area contributed by atoms with E-state index in [0.717, 1.165) is 44.8 Å². The molecule has 2 N–H and O–H groups in total. The number of hydrogen-bond donors (Lipinski definition) is 2. The molecule has 2 fully saturated rings. The van der Waals surface area contributed by atoms with Crippen LogP contribution in [0.2, 0.25) is 0 Å². The van der Waals surface area contributed by atoms with Gasteiger partial charge in [-0.25, -0.2) is 0 Å². The molecule has 1 heterocycles. The summed E-state index contributed by atoms with van der Waals surface area (Å²) in [4.78, 5) is 14.4. The van der Waals surface area contributed by atoms with Gasteiger partial charge in [0.15, 0.2) is 0 Å². The summed E-state index contributed by atoms with van der Waals surface area (Å²) < 4.78 is 0. The quantitative estimate of drug-likeness (QED) is 0.687. The highest BCUT2D eigenvalue weighted by atomic mass is 16.4. The minimum atomic E-state index is -0.701. The van der Waals surface area contributed by atoms with E-state index in [-0.39, 0.29) is 0 Å². The molecule has 4 heteroatoms. The topological polar surface area (TPSA) is 52.6 Å². The highest BCUT2D eigenvalue weighted by molar-refractivity contribution is 5.80. The Balaban J connectivity index is 1.94. The van der Waals surface area contributed by atoms with Crippen molar-refractivity contribution in [2.45, 2.75) is 64.3 Å². The number of carboxylic acids is 1. The zero-order valence-electron chi connectivity index (χ0n) is 13.7. The molecule has 0 bridgehead atoms. The van der Waals surface area contributed by atoms with Crippen molar-refractivity contribution in [1.82, 2.24) is 10.2 Å². The second-order valence-corrected chi connectivity index (χ2v) is 6.99. The minimum Gasteiger partial charge on any atom is -0.480 e. The fourth-order valence-corrected chi connectivity index (χ4v) is 3.77. The average Bonchev–Trinajstić information content (AvgIpc) is 3.30. The van der Waals surface area contributed by atoms with Crippen LogP contribution in [0, 0.1) is 11.8 Å². The van der Waals surface area contributed by atoms with E-state index >= 15 is 0 Å². The van der Waals surface area contributed by atoms with Gasteiger partial charge < -0.3 is 15.3 Å². The van der Waals surface area contributed by atoms with Gasteiger partial charge in [-0.15, -0.1) is 0 Å². The van der Waals surface area contributed by atoms with E-state index in [1.165, 1.54) is 25.7 Å². The molecule has 122 valence electrons. The van der Waals surface area contributed by atoms with Crippen molar-refractivity contribution < 1.29 is 9.90 Å². The molecule has 2 rings (SSSR count). The fourth-order valence-electron chi connectivity index (χ4n) is 3.77. The summed E-state index contributed by atoms with van der Waals surface area (Å²) in [7, 11) is 0. The number of nitrogens with one attached hydrogen (secondary N) is 1. The minimum absolute atomic E-state index is 0.329. The van der Waals surface area contributed by atoms with Gasteiger partial charge in [-0.3, -0.25) is 4.79 Å². The van der Waals surface area contributed by atoms with Crippen molar-refractivity contribution in [3.8, 4) is 0 Å². The first kappa shape index (κ1) is 16.8. The lowest BCUT2D eigenvalue weighted by Gasteiger charge is -2.39. The van der Waals surface area contributed by atoms with Gasteiger partial charge in [0.05, 0.1) is 0 Å². The van der Waals surface area contributed by atoms with Gasteiger partial charge in [0, 0.05) is 6.54 Å². The largest absolute Gasteiger partial charge is 0.480 e. The summed E-state index contributed by atoms with van der Waals surface area (Å²) in [6, 6.07) is 0. The summed E-state index contributed by atoms with van der Waals surface area (Å²) in [6.45, 7) is 7.98. The van der Waals surface area contributed by atoms with E-state index in [4.69, 9.17) is 0 Å². The van der Waals surface area contributed by atoms with E-state index < -0.39 is 11.5 Å². The van der Waals surface area contributed by atoms with Crippen LogP contribution in [0.4, 0.5) is 0 Å². The Morgan fingerprint density at radius 3 is 2.33 bits per heavy atom. The van der Waals surface area contributed by atoms with Crippen molar-refractivity contribution in [3.05, 3.63) is 0 Å². The molecule has 0 radical (unpaired) electrons. The van der Waals surface area contributed by atoms with Gasteiger partial charge in [0.2, 0.25) is 0 Å². The second-order valence-electron chi connectivity index (χ2n) is 6.99. The van der Waals surface area contributed by atoms with Gasteiger partial charge in [-0.2, -0.15) is 0 Å². The summed E-state index contributed by atoms with van der Waals surface area (Å²) in [5.74, 6) is 0.541. The lowest BCUT2D eigenvalue weighted by Crippen LogP contribution is -2.61. The standard InChI is InChI=1S/C17H32N2O2/c1-3-5-14-8-11-19(12-9-14)13-17(16(20)21,15-6-7-15)18-10-4-2/h14-15,18H,3-13H2,1-2H3,(H,20,21). The molecular formula is C17H32N2O2. The molecule has 0 spiro atoms. The van der Waals surface area contributed by atoms with Crippen molar-refractivity contribution in [1.29, 1.82) is 0 Å². The van der Waals surface area contributed by atoms with Gasteiger partial charge in [0.25, 0.3) is 0 Å². The number of nitrogens with zero attached hydrogens (tertiary/aromatic N) is 1. The monoisotopic (exact) mass is 296 g/mol. The molecule has 1 saturated carbocycles. The summed E-state index contributed by atoms with van der Waals surface area (Å²) >= 11 is 0. The highest BCUT2D eigenvalue weighted by Gasteiger charge is 2.51. The van der Waals surface area contributed by atoms with E-state index in [9.17, 15) is 9.90 Å². The molecule has 4 nitrogen and oxygen atoms in total. The van der Waals surface area contributed by atoms with Crippen LogP contribution < -0.4 is 5.32 Å². The lowest BCUT2D eigenvalue weighted by molar-refractivity contribution is -0.147. The van der Waals surface area contributed by atoms with Gasteiger partial charge in [0.1, 0.15) is 5.54 Å². The van der Waals surface area contributed by atoms with Crippen molar-refractivity contribution in [2.75, 3.05) is 26.2 Å².